The molecule has 2 aromatic rings. The monoisotopic (exact) mass is 353 g/mol. The molecule has 0 amide bonds. The van der Waals surface area contributed by atoms with Gasteiger partial charge in [0.15, 0.2) is 5.13 Å². The Labute approximate surface area is 137 Å². The first kappa shape index (κ1) is 15.9. The van der Waals surface area contributed by atoms with Gasteiger partial charge in [-0.05, 0) is 12.1 Å². The summed E-state index contributed by atoms with van der Waals surface area (Å²) in [6.07, 6.45) is 1.33. The van der Waals surface area contributed by atoms with Gasteiger partial charge in [-0.15, -0.1) is 0 Å². The second-order valence-electron chi connectivity index (χ2n) is 5.02. The van der Waals surface area contributed by atoms with Crippen molar-refractivity contribution in [2.24, 2.45) is 0 Å². The van der Waals surface area contributed by atoms with Crippen LogP contribution in [0.1, 0.15) is 9.67 Å². The molecular weight excluding hydrogens is 338 g/mol. The van der Waals surface area contributed by atoms with Crippen molar-refractivity contribution < 1.29 is 18.3 Å². The van der Waals surface area contributed by atoms with Gasteiger partial charge in [0.25, 0.3) is 0 Å². The maximum atomic E-state index is 12.5. The van der Waals surface area contributed by atoms with Crippen molar-refractivity contribution >= 4 is 32.5 Å². The number of carboxylic acids is 1. The molecule has 23 heavy (non-hydrogen) atoms. The summed E-state index contributed by atoms with van der Waals surface area (Å²) in [5.41, 5.74) is 0. The summed E-state index contributed by atoms with van der Waals surface area (Å²) < 4.78 is 26.5. The van der Waals surface area contributed by atoms with Crippen molar-refractivity contribution in [3.8, 4) is 0 Å². The largest absolute Gasteiger partial charge is 0.477 e. The molecule has 0 spiro atoms. The Hall–Kier alpha value is -1.97. The zero-order valence-corrected chi connectivity index (χ0v) is 13.8. The fourth-order valence-corrected chi connectivity index (χ4v) is 4.62. The molecule has 0 aliphatic carbocycles. The zero-order chi connectivity index (χ0) is 16.4. The summed E-state index contributed by atoms with van der Waals surface area (Å²) in [5, 5.41) is 9.55. The highest BCUT2D eigenvalue weighted by molar-refractivity contribution is 7.89. The highest BCUT2D eigenvalue weighted by Gasteiger charge is 2.29. The number of rotatable bonds is 4. The van der Waals surface area contributed by atoms with Crippen LogP contribution >= 0.6 is 11.3 Å². The van der Waals surface area contributed by atoms with Crippen molar-refractivity contribution in [1.29, 1.82) is 0 Å². The summed E-state index contributed by atoms with van der Waals surface area (Å²) in [7, 11) is -3.48. The van der Waals surface area contributed by atoms with Crippen LogP contribution in [0.3, 0.4) is 0 Å². The topological polar surface area (TPSA) is 90.8 Å². The average Bonchev–Trinajstić information content (AvgIpc) is 3.06. The second kappa shape index (κ2) is 6.26. The summed E-state index contributed by atoms with van der Waals surface area (Å²) >= 11 is 1.10. The van der Waals surface area contributed by atoms with E-state index in [0.717, 1.165) is 11.3 Å². The predicted octanol–water partition coefficient (Wildman–Crippen LogP) is 1.35. The molecule has 1 aromatic heterocycles. The highest BCUT2D eigenvalue weighted by Crippen LogP contribution is 2.25. The Kier molecular flexibility index (Phi) is 4.33. The first-order chi connectivity index (χ1) is 11.0. The molecule has 2 heterocycles. The van der Waals surface area contributed by atoms with Crippen LogP contribution in [0.15, 0.2) is 41.4 Å². The van der Waals surface area contributed by atoms with E-state index < -0.39 is 16.0 Å². The first-order valence-corrected chi connectivity index (χ1v) is 9.23. The minimum absolute atomic E-state index is 0.180. The van der Waals surface area contributed by atoms with Crippen molar-refractivity contribution in [1.82, 2.24) is 9.29 Å². The van der Waals surface area contributed by atoms with Gasteiger partial charge in [0.1, 0.15) is 4.88 Å². The summed E-state index contributed by atoms with van der Waals surface area (Å²) in [6.45, 7) is 1.66. The Morgan fingerprint density at radius 2 is 1.78 bits per heavy atom. The maximum Gasteiger partial charge on any atom is 0.347 e. The fourth-order valence-electron chi connectivity index (χ4n) is 2.37. The van der Waals surface area contributed by atoms with Crippen LogP contribution in [0.25, 0.3) is 0 Å². The molecule has 1 aliphatic rings. The number of hydrogen-bond donors (Lipinski definition) is 1. The lowest BCUT2D eigenvalue weighted by molar-refractivity contribution is 0.0702. The minimum atomic E-state index is -3.48. The van der Waals surface area contributed by atoms with Crippen molar-refractivity contribution in [3.05, 3.63) is 41.4 Å². The molecule has 0 radical (unpaired) electrons. The van der Waals surface area contributed by atoms with Gasteiger partial charge in [-0.1, -0.05) is 29.5 Å². The van der Waals surface area contributed by atoms with Gasteiger partial charge in [-0.3, -0.25) is 0 Å². The van der Waals surface area contributed by atoms with E-state index in [9.17, 15) is 13.2 Å². The van der Waals surface area contributed by atoms with Crippen LogP contribution in [-0.4, -0.2) is 55.0 Å². The van der Waals surface area contributed by atoms with Crippen LogP contribution in [0.5, 0.6) is 0 Å². The van der Waals surface area contributed by atoms with E-state index in [-0.39, 0.29) is 9.77 Å². The normalized spacial score (nSPS) is 16.4. The molecule has 122 valence electrons. The fraction of sp³-hybridized carbons (Fsp3) is 0.286. The van der Waals surface area contributed by atoms with Crippen LogP contribution in [-0.2, 0) is 10.0 Å². The summed E-state index contributed by atoms with van der Waals surface area (Å²) in [4.78, 5) is 17.4. The molecular formula is C14H15N3O4S2. The van der Waals surface area contributed by atoms with Gasteiger partial charge in [0, 0.05) is 26.2 Å². The third-order valence-electron chi connectivity index (χ3n) is 3.59. The molecule has 7 nitrogen and oxygen atoms in total. The predicted molar refractivity (Wildman–Crippen MR) is 86.5 cm³/mol. The average molecular weight is 353 g/mol. The quantitative estimate of drug-likeness (QED) is 0.892. The van der Waals surface area contributed by atoms with Crippen LogP contribution in [0, 0.1) is 0 Å². The van der Waals surface area contributed by atoms with Gasteiger partial charge in [-0.25, -0.2) is 18.2 Å². The van der Waals surface area contributed by atoms with Gasteiger partial charge in [0.2, 0.25) is 10.0 Å². The van der Waals surface area contributed by atoms with Crippen LogP contribution < -0.4 is 4.90 Å². The van der Waals surface area contributed by atoms with Crippen LogP contribution in [0.4, 0.5) is 5.13 Å². The Bertz CT molecular complexity index is 796. The third kappa shape index (κ3) is 3.21. The molecule has 0 unspecified atom stereocenters. The molecule has 1 aliphatic heterocycles. The van der Waals surface area contributed by atoms with Gasteiger partial charge >= 0.3 is 5.97 Å². The Morgan fingerprint density at radius 1 is 1.13 bits per heavy atom. The second-order valence-corrected chi connectivity index (χ2v) is 7.96. The molecule has 1 saturated heterocycles. The number of thiazole rings is 1. The lowest BCUT2D eigenvalue weighted by atomic mass is 10.4. The van der Waals surface area contributed by atoms with E-state index in [0.29, 0.717) is 31.3 Å². The van der Waals surface area contributed by atoms with Crippen LogP contribution in [0.2, 0.25) is 0 Å². The van der Waals surface area contributed by atoms with Gasteiger partial charge < -0.3 is 10.0 Å². The molecule has 3 rings (SSSR count). The molecule has 0 saturated carbocycles. The SMILES string of the molecule is O=C(O)c1cnc(N2CCN(S(=O)(=O)c3ccccc3)CC2)s1. The number of benzene rings is 1. The van der Waals surface area contributed by atoms with Gasteiger partial charge in [0.05, 0.1) is 11.1 Å². The number of aromatic nitrogens is 1. The number of hydrogen-bond acceptors (Lipinski definition) is 6. The molecule has 1 aromatic carbocycles. The Balaban J connectivity index is 1.69. The van der Waals surface area contributed by atoms with E-state index in [1.54, 1.807) is 30.3 Å². The molecule has 1 N–H and O–H groups in total. The maximum absolute atomic E-state index is 12.5. The summed E-state index contributed by atoms with van der Waals surface area (Å²) in [6, 6.07) is 8.35. The van der Waals surface area contributed by atoms with Gasteiger partial charge in [-0.2, -0.15) is 4.31 Å². The zero-order valence-electron chi connectivity index (χ0n) is 12.1. The van der Waals surface area contributed by atoms with Crippen molar-refractivity contribution in [2.45, 2.75) is 4.90 Å². The third-order valence-corrected chi connectivity index (χ3v) is 6.55. The van der Waals surface area contributed by atoms with E-state index >= 15 is 0 Å². The molecule has 1 fully saturated rings. The van der Waals surface area contributed by atoms with Crippen molar-refractivity contribution in [3.63, 3.8) is 0 Å². The lowest BCUT2D eigenvalue weighted by Gasteiger charge is -2.33. The molecule has 9 heteroatoms. The summed E-state index contributed by atoms with van der Waals surface area (Å²) in [5.74, 6) is -1.00. The number of anilines is 1. The Morgan fingerprint density at radius 3 is 2.35 bits per heavy atom. The van der Waals surface area contributed by atoms with E-state index in [1.807, 2.05) is 4.90 Å². The molecule has 0 bridgehead atoms. The number of aromatic carboxylic acids is 1. The van der Waals surface area contributed by atoms with Crippen molar-refractivity contribution in [2.75, 3.05) is 31.1 Å². The first-order valence-electron chi connectivity index (χ1n) is 6.98. The minimum Gasteiger partial charge on any atom is -0.477 e. The number of carbonyl (C=O) groups is 1. The number of sulfonamides is 1. The highest BCUT2D eigenvalue weighted by atomic mass is 32.2. The van der Waals surface area contributed by atoms with E-state index in [1.165, 1.54) is 10.5 Å². The lowest BCUT2D eigenvalue weighted by Crippen LogP contribution is -2.48. The molecule has 0 atom stereocenters. The van der Waals surface area contributed by atoms with E-state index in [4.69, 9.17) is 5.11 Å². The van der Waals surface area contributed by atoms with E-state index in [2.05, 4.69) is 4.98 Å². The number of piperazine rings is 1. The number of nitrogens with zero attached hydrogens (tertiary/aromatic N) is 3. The number of carboxylic acid groups (broad SMARTS) is 1. The standard InChI is InChI=1S/C14H15N3O4S2/c18-13(19)12-10-15-14(22-12)16-6-8-17(9-7-16)23(20,21)11-4-2-1-3-5-11/h1-5,10H,6-9H2,(H,18,19). The smallest absolute Gasteiger partial charge is 0.347 e.